The Morgan fingerprint density at radius 1 is 1.12 bits per heavy atom. The summed E-state index contributed by atoms with van der Waals surface area (Å²) < 4.78 is 5.08. The van der Waals surface area contributed by atoms with Gasteiger partial charge in [0.25, 0.3) is 0 Å². The van der Waals surface area contributed by atoms with Gasteiger partial charge >= 0.3 is 0 Å². The normalized spacial score (nSPS) is 9.88. The van der Waals surface area contributed by atoms with Crippen molar-refractivity contribution in [3.8, 4) is 5.88 Å². The van der Waals surface area contributed by atoms with E-state index in [9.17, 15) is 0 Å². The second kappa shape index (κ2) is 4.61. The summed E-state index contributed by atoms with van der Waals surface area (Å²) in [4.78, 5) is 8.48. The molecule has 0 aliphatic rings. The molecule has 0 aliphatic carbocycles. The summed E-state index contributed by atoms with van der Waals surface area (Å²) in [7, 11) is 1.59. The smallest absolute Gasteiger partial charge is 0.230 e. The van der Waals surface area contributed by atoms with E-state index in [2.05, 4.69) is 15.3 Å². The molecule has 0 fully saturated rings. The summed E-state index contributed by atoms with van der Waals surface area (Å²) in [6, 6.07) is 11.6. The van der Waals surface area contributed by atoms with Crippen LogP contribution in [0.1, 0.15) is 5.69 Å². The third-order valence-corrected chi connectivity index (χ3v) is 2.07. The van der Waals surface area contributed by atoms with Crippen molar-refractivity contribution < 1.29 is 4.74 Å². The summed E-state index contributed by atoms with van der Waals surface area (Å²) in [5.74, 6) is 1.11. The summed E-state index contributed by atoms with van der Waals surface area (Å²) >= 11 is 0. The molecule has 0 aliphatic heterocycles. The van der Waals surface area contributed by atoms with Gasteiger partial charge < -0.3 is 10.1 Å². The van der Waals surface area contributed by atoms with Gasteiger partial charge in [0.2, 0.25) is 11.8 Å². The first kappa shape index (κ1) is 10.4. The quantitative estimate of drug-likeness (QED) is 0.854. The lowest BCUT2D eigenvalue weighted by Crippen LogP contribution is -2.00. The molecule has 2 aromatic rings. The van der Waals surface area contributed by atoms with Crippen molar-refractivity contribution in [2.24, 2.45) is 0 Å². The number of rotatable bonds is 3. The van der Waals surface area contributed by atoms with Crippen molar-refractivity contribution in [3.63, 3.8) is 0 Å². The van der Waals surface area contributed by atoms with E-state index >= 15 is 0 Å². The lowest BCUT2D eigenvalue weighted by molar-refractivity contribution is 0.397. The molecule has 4 heteroatoms. The number of anilines is 2. The van der Waals surface area contributed by atoms with E-state index in [1.807, 2.05) is 37.3 Å². The first-order valence-electron chi connectivity index (χ1n) is 4.99. The highest BCUT2D eigenvalue weighted by atomic mass is 16.5. The minimum atomic E-state index is 0.544. The number of nitrogens with one attached hydrogen (secondary N) is 1. The molecular formula is C12H13N3O. The SMILES string of the molecule is COc1cc(C)nc(Nc2ccccc2)n1. The van der Waals surface area contributed by atoms with Gasteiger partial charge in [0, 0.05) is 17.4 Å². The van der Waals surface area contributed by atoms with Crippen molar-refractivity contribution in [2.45, 2.75) is 6.92 Å². The number of aryl methyl sites for hydroxylation is 1. The molecule has 82 valence electrons. The Kier molecular flexibility index (Phi) is 3.00. The Morgan fingerprint density at radius 3 is 2.56 bits per heavy atom. The van der Waals surface area contributed by atoms with Crippen molar-refractivity contribution >= 4 is 11.6 Å². The number of ether oxygens (including phenoxy) is 1. The molecule has 2 rings (SSSR count). The molecule has 1 heterocycles. The highest BCUT2D eigenvalue weighted by molar-refractivity contribution is 5.53. The first-order valence-corrected chi connectivity index (χ1v) is 4.99. The van der Waals surface area contributed by atoms with Crippen LogP contribution in [0.2, 0.25) is 0 Å². The molecule has 16 heavy (non-hydrogen) atoms. The van der Waals surface area contributed by atoms with Crippen molar-refractivity contribution in [2.75, 3.05) is 12.4 Å². The van der Waals surface area contributed by atoms with Gasteiger partial charge in [0.05, 0.1) is 7.11 Å². The maximum Gasteiger partial charge on any atom is 0.230 e. The lowest BCUT2D eigenvalue weighted by Gasteiger charge is -2.06. The fraction of sp³-hybridized carbons (Fsp3) is 0.167. The molecule has 0 radical (unpaired) electrons. The topological polar surface area (TPSA) is 47.0 Å². The van der Waals surface area contributed by atoms with E-state index < -0.39 is 0 Å². The zero-order valence-corrected chi connectivity index (χ0v) is 9.27. The first-order chi connectivity index (χ1) is 7.78. The van der Waals surface area contributed by atoms with Crippen LogP contribution in [-0.4, -0.2) is 17.1 Å². The number of nitrogens with zero attached hydrogens (tertiary/aromatic N) is 2. The van der Waals surface area contributed by atoms with Crippen LogP contribution in [0.25, 0.3) is 0 Å². The predicted molar refractivity (Wildman–Crippen MR) is 63.0 cm³/mol. The zero-order chi connectivity index (χ0) is 11.4. The number of hydrogen-bond donors (Lipinski definition) is 1. The van der Waals surface area contributed by atoms with Crippen LogP contribution in [0.3, 0.4) is 0 Å². The molecule has 4 nitrogen and oxygen atoms in total. The molecule has 0 saturated heterocycles. The largest absolute Gasteiger partial charge is 0.481 e. The Hall–Kier alpha value is -2.10. The second-order valence-corrected chi connectivity index (χ2v) is 3.37. The van der Waals surface area contributed by atoms with Crippen molar-refractivity contribution in [3.05, 3.63) is 42.1 Å². The average molecular weight is 215 g/mol. The fourth-order valence-electron chi connectivity index (χ4n) is 1.35. The van der Waals surface area contributed by atoms with Gasteiger partial charge in [-0.2, -0.15) is 4.98 Å². The highest BCUT2D eigenvalue weighted by Crippen LogP contribution is 2.15. The predicted octanol–water partition coefficient (Wildman–Crippen LogP) is 2.54. The maximum absolute atomic E-state index is 5.08. The van der Waals surface area contributed by atoms with Gasteiger partial charge in [-0.25, -0.2) is 4.98 Å². The van der Waals surface area contributed by atoms with Crippen LogP contribution >= 0.6 is 0 Å². The van der Waals surface area contributed by atoms with Gasteiger partial charge in [0.1, 0.15) is 0 Å². The number of benzene rings is 1. The third-order valence-electron chi connectivity index (χ3n) is 2.07. The molecule has 0 saturated carbocycles. The number of aromatic nitrogens is 2. The van der Waals surface area contributed by atoms with Crippen LogP contribution in [0, 0.1) is 6.92 Å². The summed E-state index contributed by atoms with van der Waals surface area (Å²) in [6.07, 6.45) is 0. The standard InChI is InChI=1S/C12H13N3O/c1-9-8-11(16-2)15-12(13-9)14-10-6-4-3-5-7-10/h3-8H,1-2H3,(H,13,14,15). The number of para-hydroxylation sites is 1. The number of methoxy groups -OCH3 is 1. The van der Waals surface area contributed by atoms with Gasteiger partial charge in [-0.05, 0) is 19.1 Å². The Morgan fingerprint density at radius 2 is 1.88 bits per heavy atom. The second-order valence-electron chi connectivity index (χ2n) is 3.37. The molecule has 0 spiro atoms. The van der Waals surface area contributed by atoms with Crippen molar-refractivity contribution in [1.82, 2.24) is 9.97 Å². The van der Waals surface area contributed by atoms with Gasteiger partial charge in [-0.15, -0.1) is 0 Å². The van der Waals surface area contributed by atoms with E-state index in [-0.39, 0.29) is 0 Å². The van der Waals surface area contributed by atoms with Crippen LogP contribution in [0.4, 0.5) is 11.6 Å². The number of hydrogen-bond acceptors (Lipinski definition) is 4. The molecule has 1 aromatic carbocycles. The van der Waals surface area contributed by atoms with Crippen LogP contribution in [0.15, 0.2) is 36.4 Å². The highest BCUT2D eigenvalue weighted by Gasteiger charge is 2.01. The van der Waals surface area contributed by atoms with Crippen molar-refractivity contribution in [1.29, 1.82) is 0 Å². The van der Waals surface area contributed by atoms with Gasteiger partial charge in [-0.1, -0.05) is 18.2 Å². The molecule has 0 atom stereocenters. The monoisotopic (exact) mass is 215 g/mol. The molecule has 0 amide bonds. The summed E-state index contributed by atoms with van der Waals surface area (Å²) in [5.41, 5.74) is 1.82. The Labute approximate surface area is 94.3 Å². The minimum absolute atomic E-state index is 0.544. The zero-order valence-electron chi connectivity index (χ0n) is 9.27. The molecule has 0 unspecified atom stereocenters. The Balaban J connectivity index is 2.24. The average Bonchev–Trinajstić information content (AvgIpc) is 2.29. The minimum Gasteiger partial charge on any atom is -0.481 e. The summed E-state index contributed by atoms with van der Waals surface area (Å²) in [6.45, 7) is 1.90. The van der Waals surface area contributed by atoms with Gasteiger partial charge in [0.15, 0.2) is 0 Å². The Bertz CT molecular complexity index is 471. The van der Waals surface area contributed by atoms with Crippen LogP contribution in [0.5, 0.6) is 5.88 Å². The third kappa shape index (κ3) is 2.48. The van der Waals surface area contributed by atoms with E-state index in [0.29, 0.717) is 11.8 Å². The van der Waals surface area contributed by atoms with E-state index in [0.717, 1.165) is 11.4 Å². The van der Waals surface area contributed by atoms with Gasteiger partial charge in [-0.3, -0.25) is 0 Å². The lowest BCUT2D eigenvalue weighted by atomic mass is 10.3. The molecule has 0 bridgehead atoms. The van der Waals surface area contributed by atoms with E-state index in [1.54, 1.807) is 13.2 Å². The fourth-order valence-corrected chi connectivity index (χ4v) is 1.35. The molecule has 1 N–H and O–H groups in total. The van der Waals surface area contributed by atoms with Crippen LogP contribution < -0.4 is 10.1 Å². The summed E-state index contributed by atoms with van der Waals surface area (Å²) in [5, 5.41) is 3.12. The molecule has 1 aromatic heterocycles. The van der Waals surface area contributed by atoms with Crippen LogP contribution in [-0.2, 0) is 0 Å². The van der Waals surface area contributed by atoms with E-state index in [4.69, 9.17) is 4.74 Å². The molecular weight excluding hydrogens is 202 g/mol. The maximum atomic E-state index is 5.08. The van der Waals surface area contributed by atoms with E-state index in [1.165, 1.54) is 0 Å².